The molecular formula is C26H29NO4. The van der Waals surface area contributed by atoms with Gasteiger partial charge in [-0.2, -0.15) is 0 Å². The summed E-state index contributed by atoms with van der Waals surface area (Å²) in [6.45, 7) is 1.57. The third-order valence-electron chi connectivity index (χ3n) is 5.14. The molecule has 0 aromatic heterocycles. The number of ether oxygens (including phenoxy) is 1. The lowest BCUT2D eigenvalue weighted by Gasteiger charge is -2.32. The molecule has 0 saturated heterocycles. The number of carbonyl (C=O) groups is 1. The zero-order valence-electron chi connectivity index (χ0n) is 17.5. The quantitative estimate of drug-likeness (QED) is 0.433. The molecular weight excluding hydrogens is 390 g/mol. The highest BCUT2D eigenvalue weighted by atomic mass is 16.5. The van der Waals surface area contributed by atoms with Crippen LogP contribution in [0.3, 0.4) is 0 Å². The van der Waals surface area contributed by atoms with Crippen molar-refractivity contribution in [2.75, 3.05) is 6.61 Å². The van der Waals surface area contributed by atoms with Crippen LogP contribution in [0, 0.1) is 0 Å². The molecule has 3 aromatic rings. The number of benzene rings is 3. The van der Waals surface area contributed by atoms with E-state index >= 15 is 0 Å². The first-order valence-electron chi connectivity index (χ1n) is 10.5. The van der Waals surface area contributed by atoms with Crippen molar-refractivity contribution in [3.8, 4) is 0 Å². The average molecular weight is 420 g/mol. The summed E-state index contributed by atoms with van der Waals surface area (Å²) in [4.78, 5) is 14.0. The number of aliphatic hydroxyl groups excluding tert-OH is 1. The normalized spacial score (nSPS) is 13.1. The van der Waals surface area contributed by atoms with Crippen molar-refractivity contribution in [3.05, 3.63) is 108 Å². The van der Waals surface area contributed by atoms with Gasteiger partial charge >= 0.3 is 5.97 Å². The van der Waals surface area contributed by atoms with Crippen LogP contribution in [-0.2, 0) is 29.2 Å². The van der Waals surface area contributed by atoms with Gasteiger partial charge in [0.05, 0.1) is 12.7 Å². The fraction of sp³-hybridized carbons (Fsp3) is 0.269. The van der Waals surface area contributed by atoms with Crippen molar-refractivity contribution >= 4 is 5.97 Å². The van der Waals surface area contributed by atoms with Gasteiger partial charge in [0, 0.05) is 19.7 Å². The van der Waals surface area contributed by atoms with Gasteiger partial charge in [0.1, 0.15) is 6.04 Å². The first kappa shape index (κ1) is 22.7. The largest absolute Gasteiger partial charge is 0.480 e. The van der Waals surface area contributed by atoms with E-state index in [4.69, 9.17) is 4.74 Å². The van der Waals surface area contributed by atoms with E-state index in [0.29, 0.717) is 19.7 Å². The zero-order chi connectivity index (χ0) is 21.9. The summed E-state index contributed by atoms with van der Waals surface area (Å²) in [5.74, 6) is -1.04. The minimum Gasteiger partial charge on any atom is -0.480 e. The van der Waals surface area contributed by atoms with E-state index in [1.807, 2.05) is 95.9 Å². The Hall–Kier alpha value is -2.99. The van der Waals surface area contributed by atoms with Crippen LogP contribution in [0.1, 0.15) is 23.1 Å². The van der Waals surface area contributed by atoms with Crippen molar-refractivity contribution in [2.45, 2.75) is 38.3 Å². The molecule has 0 aliphatic heterocycles. The van der Waals surface area contributed by atoms with Gasteiger partial charge < -0.3 is 14.9 Å². The summed E-state index contributed by atoms with van der Waals surface area (Å²) in [5.41, 5.74) is 3.04. The molecule has 0 aliphatic carbocycles. The van der Waals surface area contributed by atoms with Crippen LogP contribution in [0.15, 0.2) is 91.0 Å². The van der Waals surface area contributed by atoms with E-state index in [9.17, 15) is 15.0 Å². The maximum absolute atomic E-state index is 12.2. The average Bonchev–Trinajstić information content (AvgIpc) is 2.79. The second kappa shape index (κ2) is 12.0. The van der Waals surface area contributed by atoms with Crippen molar-refractivity contribution in [3.63, 3.8) is 0 Å². The highest BCUT2D eigenvalue weighted by Gasteiger charge is 2.32. The molecule has 0 spiro atoms. The number of hydrogen-bond donors (Lipinski definition) is 2. The van der Waals surface area contributed by atoms with Gasteiger partial charge in [0.25, 0.3) is 0 Å². The molecule has 162 valence electrons. The summed E-state index contributed by atoms with van der Waals surface area (Å²) in [6.07, 6.45) is -0.815. The van der Waals surface area contributed by atoms with Crippen LogP contribution in [0.4, 0.5) is 0 Å². The number of aliphatic carboxylic acids is 1. The van der Waals surface area contributed by atoms with Gasteiger partial charge in [-0.1, -0.05) is 91.0 Å². The van der Waals surface area contributed by atoms with E-state index in [0.717, 1.165) is 16.7 Å². The minimum absolute atomic E-state index is 0.240. The fourth-order valence-electron chi connectivity index (χ4n) is 3.58. The molecule has 0 unspecified atom stereocenters. The molecule has 0 bridgehead atoms. The van der Waals surface area contributed by atoms with Gasteiger partial charge in [0.2, 0.25) is 0 Å². The maximum Gasteiger partial charge on any atom is 0.323 e. The second-order valence-corrected chi connectivity index (χ2v) is 7.55. The number of aliphatic hydroxyl groups is 1. The van der Waals surface area contributed by atoms with Crippen LogP contribution in [0.5, 0.6) is 0 Å². The summed E-state index contributed by atoms with van der Waals surface area (Å²) in [6, 6.07) is 28.2. The first-order chi connectivity index (χ1) is 15.1. The second-order valence-electron chi connectivity index (χ2n) is 7.55. The summed E-state index contributed by atoms with van der Waals surface area (Å²) < 4.78 is 5.67. The van der Waals surface area contributed by atoms with Gasteiger partial charge in [-0.25, -0.2) is 0 Å². The molecule has 31 heavy (non-hydrogen) atoms. The number of carboxylic acid groups (broad SMARTS) is 1. The van der Waals surface area contributed by atoms with Gasteiger partial charge in [0.15, 0.2) is 0 Å². The van der Waals surface area contributed by atoms with Crippen molar-refractivity contribution < 1.29 is 19.7 Å². The molecule has 5 nitrogen and oxygen atoms in total. The van der Waals surface area contributed by atoms with Crippen molar-refractivity contribution in [2.24, 2.45) is 0 Å². The third-order valence-corrected chi connectivity index (χ3v) is 5.14. The lowest BCUT2D eigenvalue weighted by atomic mass is 10.0. The Bertz CT molecular complexity index is 861. The smallest absolute Gasteiger partial charge is 0.323 e. The predicted octanol–water partition coefficient (Wildman–Crippen LogP) is 4.11. The molecule has 0 amide bonds. The molecule has 0 saturated carbocycles. The topological polar surface area (TPSA) is 70.0 Å². The Labute approximate surface area is 183 Å². The van der Waals surface area contributed by atoms with Crippen molar-refractivity contribution in [1.82, 2.24) is 4.90 Å². The summed E-state index contributed by atoms with van der Waals surface area (Å²) in [5, 5.41) is 20.8. The Morgan fingerprint density at radius 3 is 1.68 bits per heavy atom. The van der Waals surface area contributed by atoms with Gasteiger partial charge in [-0.3, -0.25) is 9.69 Å². The maximum atomic E-state index is 12.2. The molecule has 0 heterocycles. The first-order valence-corrected chi connectivity index (χ1v) is 10.5. The van der Waals surface area contributed by atoms with Gasteiger partial charge in [-0.15, -0.1) is 0 Å². The molecule has 0 fully saturated rings. The lowest BCUT2D eigenvalue weighted by Crippen LogP contribution is -2.48. The Kier molecular flexibility index (Phi) is 8.79. The Morgan fingerprint density at radius 1 is 0.774 bits per heavy atom. The van der Waals surface area contributed by atoms with E-state index in [2.05, 4.69) is 0 Å². The van der Waals surface area contributed by atoms with Gasteiger partial charge in [-0.05, 0) is 23.1 Å². The highest BCUT2D eigenvalue weighted by molar-refractivity contribution is 5.74. The van der Waals surface area contributed by atoms with Crippen LogP contribution in [0.2, 0.25) is 0 Å². The molecule has 5 heteroatoms. The van der Waals surface area contributed by atoms with Crippen LogP contribution < -0.4 is 0 Å². The van der Waals surface area contributed by atoms with E-state index in [1.165, 1.54) is 0 Å². The Morgan fingerprint density at radius 2 is 1.23 bits per heavy atom. The van der Waals surface area contributed by atoms with E-state index in [1.54, 1.807) is 0 Å². The lowest BCUT2D eigenvalue weighted by molar-refractivity contribution is -0.149. The highest BCUT2D eigenvalue weighted by Crippen LogP contribution is 2.18. The van der Waals surface area contributed by atoms with Crippen LogP contribution >= 0.6 is 0 Å². The molecule has 2 atom stereocenters. The molecule has 3 rings (SSSR count). The van der Waals surface area contributed by atoms with Crippen LogP contribution in [-0.4, -0.2) is 39.8 Å². The molecule has 2 N–H and O–H groups in total. The summed E-state index contributed by atoms with van der Waals surface area (Å²) in [7, 11) is 0. The monoisotopic (exact) mass is 419 g/mol. The fourth-order valence-corrected chi connectivity index (χ4v) is 3.58. The Balaban J connectivity index is 1.67. The van der Waals surface area contributed by atoms with Crippen molar-refractivity contribution in [1.29, 1.82) is 0 Å². The van der Waals surface area contributed by atoms with E-state index < -0.39 is 18.1 Å². The molecule has 3 aromatic carbocycles. The van der Waals surface area contributed by atoms with Crippen LogP contribution in [0.25, 0.3) is 0 Å². The third kappa shape index (κ3) is 7.33. The standard InChI is InChI=1S/C26H29NO4/c28-24(16-17-31-20-23-14-8-3-9-15-23)25(26(29)30)27(18-21-10-4-1-5-11-21)19-22-12-6-2-7-13-22/h1-15,24-25,28H,16-20H2,(H,29,30)/t24-,25-/m0/s1. The van der Waals surface area contributed by atoms with E-state index in [-0.39, 0.29) is 13.0 Å². The zero-order valence-corrected chi connectivity index (χ0v) is 17.5. The number of rotatable bonds is 12. The summed E-state index contributed by atoms with van der Waals surface area (Å²) >= 11 is 0. The number of hydrogen-bond acceptors (Lipinski definition) is 4. The predicted molar refractivity (Wildman–Crippen MR) is 120 cm³/mol. The number of nitrogens with zero attached hydrogens (tertiary/aromatic N) is 1. The minimum atomic E-state index is -1.05. The molecule has 0 aliphatic rings. The number of carboxylic acids is 1. The SMILES string of the molecule is O=C(O)[C@H]([C@@H](O)CCOCc1ccccc1)N(Cc1ccccc1)Cc1ccccc1. The molecule has 0 radical (unpaired) electrons.